The van der Waals surface area contributed by atoms with E-state index in [0.717, 1.165) is 6.42 Å². The Labute approximate surface area is 626 Å². The maximum absolute atomic E-state index is 15.1. The molecule has 2 aliphatic heterocycles. The molecule has 0 radical (unpaired) electrons. The van der Waals surface area contributed by atoms with Crippen molar-refractivity contribution >= 4 is 82.8 Å². The van der Waals surface area contributed by atoms with E-state index in [-0.39, 0.29) is 69.1 Å². The number of piperidine rings is 1. The van der Waals surface area contributed by atoms with Gasteiger partial charge in [0.2, 0.25) is 70.9 Å². The van der Waals surface area contributed by atoms with E-state index >= 15 is 9.59 Å². The van der Waals surface area contributed by atoms with Crippen LogP contribution in [0.4, 0.5) is 0 Å². The molecule has 2 heterocycles. The van der Waals surface area contributed by atoms with Crippen molar-refractivity contribution in [3.8, 4) is 0 Å². The van der Waals surface area contributed by atoms with Crippen LogP contribution in [0, 0.1) is 47.3 Å². The van der Waals surface area contributed by atoms with Crippen LogP contribution in [0.15, 0.2) is 42.1 Å². The summed E-state index contributed by atoms with van der Waals surface area (Å²) >= 11 is 0. The summed E-state index contributed by atoms with van der Waals surface area (Å²) in [6, 6.07) is -7.70. The van der Waals surface area contributed by atoms with Crippen LogP contribution in [0.3, 0.4) is 0 Å². The number of amides is 13. The molecule has 0 spiro atoms. The first-order valence-electron chi connectivity index (χ1n) is 38.0. The molecule has 2 fully saturated rings. The number of rotatable bonds is 33. The SMILES string of the molecule is C/C=C1\NC(=O)[C@H](Cc2ccccc2)NC(=O)[C@@H](C(C)C)NC(=O)[C@@H]([C@H](C)CC)NC(=O)[C@H](NC(=O)[C@H](NC(=O)[C@H](CCCN)NC(=O)[C@H]2CCCCN2C(=O)[C@H](NC(=O)[C@@H](NC(=O)[C@@H](NC(=O)[C@H](NC(=O)CC[C@@H](C)CC)C(C)C)[C@@H](C)O)C(C)C)C(C)C)[C@H](C)CC)[C@H](C)OC(=O)[C@H](C(C)C)NC1=O. The van der Waals surface area contributed by atoms with Crippen LogP contribution in [0.25, 0.3) is 0 Å². The lowest BCUT2D eigenvalue weighted by Gasteiger charge is -2.39. The Kier molecular flexibility index (Phi) is 38.5. The Hall–Kier alpha value is -8.54. The van der Waals surface area contributed by atoms with E-state index < -0.39 is 203 Å². The number of aliphatic hydroxyl groups is 1. The Morgan fingerprint density at radius 1 is 0.604 bits per heavy atom. The normalized spacial score (nSPS) is 22.8. The number of likely N-dealkylation sites (tertiary alicyclic amines) is 1. The number of hydrogen-bond donors (Lipinski definition) is 14. The molecule has 1 aromatic carbocycles. The van der Waals surface area contributed by atoms with Crippen molar-refractivity contribution in [1.29, 1.82) is 0 Å². The van der Waals surface area contributed by atoms with E-state index in [1.54, 1.807) is 127 Å². The Bertz CT molecular complexity index is 3180. The maximum atomic E-state index is 15.1. The molecule has 0 unspecified atom stereocenters. The van der Waals surface area contributed by atoms with Gasteiger partial charge >= 0.3 is 5.97 Å². The summed E-state index contributed by atoms with van der Waals surface area (Å²) in [6.07, 6.45) is 1.69. The molecule has 30 nitrogen and oxygen atoms in total. The minimum atomic E-state index is -1.83. The topological polar surface area (TPSA) is 442 Å². The summed E-state index contributed by atoms with van der Waals surface area (Å²) in [5.74, 6) is -15.2. The van der Waals surface area contributed by atoms with Crippen molar-refractivity contribution in [2.75, 3.05) is 13.1 Å². The number of carbonyl (C=O) groups is 14. The summed E-state index contributed by atoms with van der Waals surface area (Å²) in [7, 11) is 0. The first kappa shape index (κ1) is 91.7. The van der Waals surface area contributed by atoms with Gasteiger partial charge in [-0.15, -0.1) is 0 Å². The number of nitrogens with one attached hydrogen (secondary N) is 12. The van der Waals surface area contributed by atoms with Gasteiger partial charge in [-0.2, -0.15) is 0 Å². The average Bonchev–Trinajstić information content (AvgIpc) is 0.825. The third-order valence-electron chi connectivity index (χ3n) is 19.9. The molecule has 596 valence electrons. The van der Waals surface area contributed by atoms with Crippen LogP contribution in [0.2, 0.25) is 0 Å². The highest BCUT2D eigenvalue weighted by Crippen LogP contribution is 2.23. The van der Waals surface area contributed by atoms with Gasteiger partial charge in [0.25, 0.3) is 5.91 Å². The number of ether oxygens (including phenoxy) is 1. The quantitative estimate of drug-likeness (QED) is 0.0354. The van der Waals surface area contributed by atoms with E-state index in [9.17, 15) is 62.6 Å². The van der Waals surface area contributed by atoms with Gasteiger partial charge in [0.15, 0.2) is 0 Å². The molecule has 0 aliphatic carbocycles. The molecule has 1 aromatic rings. The highest BCUT2D eigenvalue weighted by atomic mass is 16.5. The smallest absolute Gasteiger partial charge is 0.329 e. The van der Waals surface area contributed by atoms with Crippen LogP contribution in [0.1, 0.15) is 201 Å². The summed E-state index contributed by atoms with van der Waals surface area (Å²) in [6.45, 7) is 31.8. The standard InChI is InChI=1S/C76H126N14O16/c1-20-44(15)34-35-54(92)81-55(39(5)6)69(98)88-62(47(18)91)73(102)83-57(41(9)10)70(99)84-58(42(11)12)75(104)90-37-28-27-33-53(90)67(96)79-51(32-29-36-77)65(94)86-60(45(16)21-2)72(101)89-63-48(19)106-76(105)59(43(13)14)85-64(93)50(23-4)78-66(95)52(38-49-30-25-24-26-31-49)80-68(97)56(40(7)8)82-71(100)61(46(17)22-3)87-74(63)103/h23-26,30-31,39-48,51-53,55-63,91H,20-22,27-29,32-38,77H2,1-19H3,(H,78,95)(H,79,96)(H,80,97)(H,81,92)(H,82,100)(H,83,102)(H,84,99)(H,85,93)(H,86,94)(H,87,103)(H,88,98)(H,89,101)/b50-23-/t44-,45+,46+,47+,48-,51-,52-,53+,55+,56+,57-,58+,59-,60+,61+,62-,63+/m0/s1. The van der Waals surface area contributed by atoms with Crippen molar-refractivity contribution < 1.29 is 77.0 Å². The molecule has 0 bridgehead atoms. The molecular weight excluding hydrogens is 1360 g/mol. The second-order valence-electron chi connectivity index (χ2n) is 30.3. The van der Waals surface area contributed by atoms with Crippen LogP contribution >= 0.6 is 0 Å². The molecule has 17 atom stereocenters. The van der Waals surface area contributed by atoms with Crippen molar-refractivity contribution in [3.63, 3.8) is 0 Å². The second-order valence-corrected chi connectivity index (χ2v) is 30.3. The minimum absolute atomic E-state index is 0.0355. The number of nitrogens with two attached hydrogens (primary N) is 1. The highest BCUT2D eigenvalue weighted by molar-refractivity contribution is 6.03. The first-order chi connectivity index (χ1) is 49.8. The van der Waals surface area contributed by atoms with Gasteiger partial charge < -0.3 is 84.3 Å². The largest absolute Gasteiger partial charge is 0.458 e. The van der Waals surface area contributed by atoms with Crippen molar-refractivity contribution in [3.05, 3.63) is 47.7 Å². The van der Waals surface area contributed by atoms with Gasteiger partial charge in [0, 0.05) is 19.4 Å². The highest BCUT2D eigenvalue weighted by Gasteiger charge is 2.44. The van der Waals surface area contributed by atoms with Gasteiger partial charge in [-0.1, -0.05) is 166 Å². The molecule has 30 heteroatoms. The molecule has 106 heavy (non-hydrogen) atoms. The zero-order valence-electron chi connectivity index (χ0n) is 66.0. The van der Waals surface area contributed by atoms with E-state index in [4.69, 9.17) is 10.5 Å². The third-order valence-corrected chi connectivity index (χ3v) is 19.9. The van der Waals surface area contributed by atoms with Crippen LogP contribution < -0.4 is 69.5 Å². The summed E-state index contributed by atoms with van der Waals surface area (Å²) in [5.41, 5.74) is 6.36. The molecule has 2 saturated heterocycles. The lowest BCUT2D eigenvalue weighted by atomic mass is 9.95. The van der Waals surface area contributed by atoms with E-state index in [0.29, 0.717) is 31.2 Å². The lowest BCUT2D eigenvalue weighted by molar-refractivity contribution is -0.157. The number of aliphatic hydroxyl groups excluding tert-OH is 1. The summed E-state index contributed by atoms with van der Waals surface area (Å²) in [5, 5.41) is 43.3. The molecule has 15 N–H and O–H groups in total. The van der Waals surface area contributed by atoms with Crippen LogP contribution in [-0.2, 0) is 78.3 Å². The second kappa shape index (κ2) is 44.6. The first-order valence-corrected chi connectivity index (χ1v) is 38.0. The summed E-state index contributed by atoms with van der Waals surface area (Å²) in [4.78, 5) is 203. The minimum Gasteiger partial charge on any atom is -0.458 e. The fourth-order valence-corrected chi connectivity index (χ4v) is 12.2. The number of cyclic esters (lactones) is 1. The van der Waals surface area contributed by atoms with Crippen LogP contribution in [-0.4, -0.2) is 191 Å². The zero-order chi connectivity index (χ0) is 80.1. The molecule has 0 aromatic heterocycles. The Morgan fingerprint density at radius 2 is 1.15 bits per heavy atom. The molecule has 13 amide bonds. The zero-order valence-corrected chi connectivity index (χ0v) is 66.0. The van der Waals surface area contributed by atoms with Crippen LogP contribution in [0.5, 0.6) is 0 Å². The van der Waals surface area contributed by atoms with Gasteiger partial charge in [-0.05, 0) is 119 Å². The number of carbonyl (C=O) groups excluding carboxylic acids is 14. The average molecular weight is 1490 g/mol. The monoisotopic (exact) mass is 1490 g/mol. The number of esters is 1. The Balaban J connectivity index is 2.02. The van der Waals surface area contributed by atoms with E-state index in [1.165, 1.54) is 31.7 Å². The van der Waals surface area contributed by atoms with E-state index in [1.807, 2.05) is 13.8 Å². The van der Waals surface area contributed by atoms with Gasteiger partial charge in [0.1, 0.15) is 84.3 Å². The van der Waals surface area contributed by atoms with Gasteiger partial charge in [-0.25, -0.2) is 4.79 Å². The number of benzene rings is 1. The molecular formula is C76H126N14O16. The molecule has 2 aliphatic rings. The fraction of sp³-hybridized carbons (Fsp3) is 0.711. The third kappa shape index (κ3) is 27.7. The molecule has 0 saturated carbocycles. The van der Waals surface area contributed by atoms with Gasteiger partial charge in [0.05, 0.1) is 6.10 Å². The number of hydrogen-bond acceptors (Lipinski definition) is 17. The summed E-state index contributed by atoms with van der Waals surface area (Å²) < 4.78 is 5.97. The van der Waals surface area contributed by atoms with Gasteiger partial charge in [-0.3, -0.25) is 62.3 Å². The van der Waals surface area contributed by atoms with Crippen molar-refractivity contribution in [1.82, 2.24) is 68.7 Å². The van der Waals surface area contributed by atoms with Crippen molar-refractivity contribution in [2.45, 2.75) is 287 Å². The fourth-order valence-electron chi connectivity index (χ4n) is 12.2. The number of nitrogens with zero attached hydrogens (tertiary/aromatic N) is 1. The lowest BCUT2D eigenvalue weighted by Crippen LogP contribution is -2.64. The number of allylic oxidation sites excluding steroid dienone is 1. The predicted molar refractivity (Wildman–Crippen MR) is 400 cm³/mol. The Morgan fingerprint density at radius 3 is 1.69 bits per heavy atom. The maximum Gasteiger partial charge on any atom is 0.329 e. The molecule has 3 rings (SSSR count). The predicted octanol–water partition coefficient (Wildman–Crippen LogP) is 2.23. The van der Waals surface area contributed by atoms with Crippen molar-refractivity contribution in [2.24, 2.45) is 53.1 Å². The van der Waals surface area contributed by atoms with E-state index in [2.05, 4.69) is 63.8 Å².